The molecule has 5 N–H and O–H groups in total. The minimum Gasteiger partial charge on any atom is -0.349 e. The summed E-state index contributed by atoms with van der Waals surface area (Å²) >= 11 is 0. The molecule has 0 aliphatic heterocycles. The van der Waals surface area contributed by atoms with E-state index < -0.39 is 38.1 Å². The van der Waals surface area contributed by atoms with E-state index in [1.54, 1.807) is 0 Å². The zero-order valence-corrected chi connectivity index (χ0v) is 15.1. The number of carbonyl (C=O) groups excluding carboxylic acids is 2. The first-order valence-electron chi connectivity index (χ1n) is 7.66. The maximum absolute atomic E-state index is 12.5. The van der Waals surface area contributed by atoms with Gasteiger partial charge in [-0.2, -0.15) is 13.2 Å². The molecule has 0 heterocycles. The number of hydrogen-bond acceptors (Lipinski definition) is 4. The third-order valence-corrected chi connectivity index (χ3v) is 3.63. The second-order valence-corrected chi connectivity index (χ2v) is 6.99. The van der Waals surface area contributed by atoms with E-state index in [-0.39, 0.29) is 17.9 Å². The molecular formula is C15H21F3N3O4P. The molecule has 0 aliphatic carbocycles. The van der Waals surface area contributed by atoms with Gasteiger partial charge in [0.2, 0.25) is 5.91 Å². The van der Waals surface area contributed by atoms with Gasteiger partial charge in [0.25, 0.3) is 0 Å². The van der Waals surface area contributed by atoms with Gasteiger partial charge in [-0.15, -0.1) is 0 Å². The second kappa shape index (κ2) is 9.70. The number of urea groups is 1. The normalized spacial score (nSPS) is 12.8. The van der Waals surface area contributed by atoms with Crippen LogP contribution in [0.4, 0.5) is 23.7 Å². The Balaban J connectivity index is 2.69. The molecule has 0 radical (unpaired) electrons. The number of amides is 3. The third kappa shape index (κ3) is 7.99. The van der Waals surface area contributed by atoms with Crippen molar-refractivity contribution in [3.8, 4) is 0 Å². The number of rotatable bonds is 7. The number of nitrogens with one attached hydrogen (secondary N) is 3. The fourth-order valence-corrected chi connectivity index (χ4v) is 2.34. The largest absolute Gasteiger partial charge is 0.416 e. The van der Waals surface area contributed by atoms with Crippen LogP contribution in [-0.2, 0) is 11.0 Å². The highest BCUT2D eigenvalue weighted by Crippen LogP contribution is 2.29. The number of halogens is 3. The lowest BCUT2D eigenvalue weighted by Gasteiger charge is -2.20. The number of anilines is 1. The highest BCUT2D eigenvalue weighted by molar-refractivity contribution is 7.45. The van der Waals surface area contributed by atoms with E-state index in [0.717, 1.165) is 24.3 Å². The first-order valence-corrected chi connectivity index (χ1v) is 9.10. The van der Waals surface area contributed by atoms with Gasteiger partial charge < -0.3 is 25.7 Å². The van der Waals surface area contributed by atoms with Gasteiger partial charge in [-0.1, -0.05) is 13.8 Å². The van der Waals surface area contributed by atoms with Crippen LogP contribution in [0.3, 0.4) is 0 Å². The van der Waals surface area contributed by atoms with Gasteiger partial charge in [-0.25, -0.2) is 4.79 Å². The summed E-state index contributed by atoms with van der Waals surface area (Å²) in [6, 6.07) is 2.17. The first kappa shape index (κ1) is 22.1. The van der Waals surface area contributed by atoms with Gasteiger partial charge in [0.1, 0.15) is 6.04 Å². The van der Waals surface area contributed by atoms with Gasteiger partial charge in [0, 0.05) is 5.69 Å². The molecule has 1 atom stereocenters. The van der Waals surface area contributed by atoms with E-state index in [1.165, 1.54) is 0 Å². The predicted octanol–water partition coefficient (Wildman–Crippen LogP) is 2.61. The smallest absolute Gasteiger partial charge is 0.349 e. The Morgan fingerprint density at radius 3 is 2.19 bits per heavy atom. The average molecular weight is 395 g/mol. The molecule has 1 rings (SSSR count). The number of benzene rings is 1. The molecule has 0 spiro atoms. The molecule has 0 saturated heterocycles. The zero-order chi connectivity index (χ0) is 19.9. The van der Waals surface area contributed by atoms with Gasteiger partial charge in [-0.3, -0.25) is 4.79 Å². The Labute approximate surface area is 149 Å². The quantitative estimate of drug-likeness (QED) is 0.457. The monoisotopic (exact) mass is 395 g/mol. The van der Waals surface area contributed by atoms with Crippen LogP contribution in [0.5, 0.6) is 0 Å². The summed E-state index contributed by atoms with van der Waals surface area (Å²) in [5, 5.41) is 7.08. The molecule has 1 unspecified atom stereocenters. The number of alkyl halides is 3. The Morgan fingerprint density at radius 1 is 1.15 bits per heavy atom. The van der Waals surface area contributed by atoms with E-state index in [9.17, 15) is 22.8 Å². The Morgan fingerprint density at radius 2 is 1.73 bits per heavy atom. The van der Waals surface area contributed by atoms with Crippen LogP contribution in [0.1, 0.15) is 25.8 Å². The Kier molecular flexibility index (Phi) is 8.26. The van der Waals surface area contributed by atoms with Crippen molar-refractivity contribution in [1.82, 2.24) is 10.6 Å². The van der Waals surface area contributed by atoms with Gasteiger partial charge in [-0.05, 0) is 36.6 Å². The van der Waals surface area contributed by atoms with Crippen molar-refractivity contribution in [3.05, 3.63) is 29.8 Å². The van der Waals surface area contributed by atoms with Crippen LogP contribution in [-0.4, -0.2) is 34.1 Å². The fraction of sp³-hybridized carbons (Fsp3) is 0.467. The van der Waals surface area contributed by atoms with Crippen LogP contribution >= 0.6 is 8.38 Å². The van der Waals surface area contributed by atoms with Gasteiger partial charge >= 0.3 is 12.2 Å². The Bertz CT molecular complexity index is 609. The first-order chi connectivity index (χ1) is 12.0. The van der Waals surface area contributed by atoms with Crippen molar-refractivity contribution < 1.29 is 32.5 Å². The second-order valence-electron chi connectivity index (χ2n) is 5.93. The van der Waals surface area contributed by atoms with Crippen LogP contribution in [0.15, 0.2) is 24.3 Å². The molecule has 0 saturated carbocycles. The van der Waals surface area contributed by atoms with Crippen LogP contribution in [0, 0.1) is 5.92 Å². The molecule has 26 heavy (non-hydrogen) atoms. The summed E-state index contributed by atoms with van der Waals surface area (Å²) in [5.74, 6) is -0.529. The molecule has 0 aliphatic rings. The van der Waals surface area contributed by atoms with Crippen molar-refractivity contribution >= 4 is 26.0 Å². The van der Waals surface area contributed by atoms with Crippen LogP contribution < -0.4 is 16.0 Å². The summed E-state index contributed by atoms with van der Waals surface area (Å²) < 4.78 is 37.5. The molecule has 0 aromatic heterocycles. The third-order valence-electron chi connectivity index (χ3n) is 3.19. The molecule has 1 aromatic rings. The Hall–Kier alpha value is -1.90. The van der Waals surface area contributed by atoms with Crippen molar-refractivity contribution in [1.29, 1.82) is 0 Å². The molecule has 1 aromatic carbocycles. The summed E-state index contributed by atoms with van der Waals surface area (Å²) in [5.41, 5.74) is -0.710. The average Bonchev–Trinajstić information content (AvgIpc) is 2.51. The highest BCUT2D eigenvalue weighted by Gasteiger charge is 2.30. The van der Waals surface area contributed by atoms with Crippen molar-refractivity contribution in [2.45, 2.75) is 32.5 Å². The number of carbonyl (C=O) groups is 2. The molecule has 7 nitrogen and oxygen atoms in total. The van der Waals surface area contributed by atoms with Crippen LogP contribution in [0.2, 0.25) is 0 Å². The number of hydrogen-bond donors (Lipinski definition) is 5. The lowest BCUT2D eigenvalue weighted by atomic mass is 10.0. The summed E-state index contributed by atoms with van der Waals surface area (Å²) in [6.07, 6.45) is -4.51. The fourth-order valence-electron chi connectivity index (χ4n) is 2.04. The van der Waals surface area contributed by atoms with Crippen molar-refractivity contribution in [2.24, 2.45) is 5.92 Å². The van der Waals surface area contributed by atoms with E-state index in [2.05, 4.69) is 16.0 Å². The van der Waals surface area contributed by atoms with E-state index in [1.807, 2.05) is 13.8 Å². The summed E-state index contributed by atoms with van der Waals surface area (Å²) in [7, 11) is -2.30. The van der Waals surface area contributed by atoms with Crippen molar-refractivity contribution in [2.75, 3.05) is 11.6 Å². The molecule has 3 amide bonds. The summed E-state index contributed by atoms with van der Waals surface area (Å²) in [4.78, 5) is 41.7. The van der Waals surface area contributed by atoms with E-state index >= 15 is 0 Å². The van der Waals surface area contributed by atoms with Gasteiger partial charge in [0.05, 0.1) is 11.8 Å². The highest BCUT2D eigenvalue weighted by atomic mass is 31.2. The molecule has 146 valence electrons. The standard InChI is InChI=1S/C15H21F3N3O4P/c1-9(2)7-12(13(22)19-8-26(24)25)21-14(23)20-11-5-3-10(4-6-11)15(16,17)18/h3-6,9,12,24-25H,7-8H2,1-2H3,(H,19,22)(H2,20,21,23). The van der Waals surface area contributed by atoms with E-state index in [0.29, 0.717) is 6.42 Å². The SMILES string of the molecule is CC(C)CC(NC(=O)Nc1ccc(C(F)(F)F)cc1)C(=O)NCP(O)O. The maximum atomic E-state index is 12.5. The van der Waals surface area contributed by atoms with Crippen LogP contribution in [0.25, 0.3) is 0 Å². The lowest BCUT2D eigenvalue weighted by Crippen LogP contribution is -2.48. The van der Waals surface area contributed by atoms with E-state index in [4.69, 9.17) is 9.79 Å². The maximum Gasteiger partial charge on any atom is 0.416 e. The molecule has 0 bridgehead atoms. The minimum atomic E-state index is -4.47. The molecule has 11 heteroatoms. The van der Waals surface area contributed by atoms with Crippen molar-refractivity contribution in [3.63, 3.8) is 0 Å². The minimum absolute atomic E-state index is 0.0573. The lowest BCUT2D eigenvalue weighted by molar-refractivity contribution is -0.137. The molecular weight excluding hydrogens is 374 g/mol. The predicted molar refractivity (Wildman–Crippen MR) is 91.2 cm³/mol. The topological polar surface area (TPSA) is 111 Å². The summed E-state index contributed by atoms with van der Waals surface area (Å²) in [6.45, 7) is 3.67. The molecule has 0 fully saturated rings. The van der Waals surface area contributed by atoms with Gasteiger partial charge in [0.15, 0.2) is 8.38 Å². The zero-order valence-electron chi connectivity index (χ0n) is 14.2.